The van der Waals surface area contributed by atoms with Crippen molar-refractivity contribution in [2.75, 3.05) is 5.32 Å². The molecule has 1 unspecified atom stereocenters. The number of rotatable bonds is 8. The molecule has 2 N–H and O–H groups in total. The highest BCUT2D eigenvalue weighted by Gasteiger charge is 2.30. The van der Waals surface area contributed by atoms with Crippen LogP contribution in [-0.2, 0) is 12.7 Å². The molecule has 0 bridgehead atoms. The maximum Gasteiger partial charge on any atom is 0.416 e. The minimum Gasteiger partial charge on any atom is -0.350 e. The van der Waals surface area contributed by atoms with Crippen molar-refractivity contribution in [2.45, 2.75) is 52.9 Å². The summed E-state index contributed by atoms with van der Waals surface area (Å²) in [5, 5.41) is 13.4. The van der Waals surface area contributed by atoms with Gasteiger partial charge < -0.3 is 10.6 Å². The fourth-order valence-electron chi connectivity index (χ4n) is 4.21. The molecule has 0 spiro atoms. The second-order valence-corrected chi connectivity index (χ2v) is 9.76. The average Bonchev–Trinajstić information content (AvgIpc) is 3.28. The van der Waals surface area contributed by atoms with Crippen molar-refractivity contribution < 1.29 is 22.8 Å². The summed E-state index contributed by atoms with van der Waals surface area (Å²) in [4.78, 5) is 38.9. The maximum atomic E-state index is 13.2. The normalized spacial score (nSPS) is 12.2. The van der Waals surface area contributed by atoms with Crippen LogP contribution in [0.25, 0.3) is 5.69 Å². The quantitative estimate of drug-likeness (QED) is 0.316. The van der Waals surface area contributed by atoms with E-state index in [0.717, 1.165) is 40.0 Å². The molecule has 0 aliphatic heterocycles. The fraction of sp³-hybridized carbons (Fsp3) is 0.276. The number of nitrogens with zero attached hydrogens (tertiary/aromatic N) is 4. The summed E-state index contributed by atoms with van der Waals surface area (Å²) in [6.45, 7) is 7.46. The molecule has 0 fully saturated rings. The second kappa shape index (κ2) is 11.8. The fourth-order valence-corrected chi connectivity index (χ4v) is 4.21. The van der Waals surface area contributed by atoms with E-state index in [9.17, 15) is 27.6 Å². The van der Waals surface area contributed by atoms with Crippen LogP contribution in [0.15, 0.2) is 65.5 Å². The lowest BCUT2D eigenvalue weighted by Gasteiger charge is -2.16. The summed E-state index contributed by atoms with van der Waals surface area (Å²) in [7, 11) is 0. The van der Waals surface area contributed by atoms with Gasteiger partial charge in [-0.05, 0) is 90.7 Å². The first-order valence-electron chi connectivity index (χ1n) is 12.9. The Balaban J connectivity index is 1.50. The van der Waals surface area contributed by atoms with Crippen molar-refractivity contribution in [1.82, 2.24) is 25.1 Å². The zero-order valence-corrected chi connectivity index (χ0v) is 22.9. The highest BCUT2D eigenvalue weighted by molar-refractivity contribution is 6.13. The van der Waals surface area contributed by atoms with Crippen LogP contribution < -0.4 is 16.3 Å². The lowest BCUT2D eigenvalue weighted by atomic mass is 9.99. The Bertz CT molecular complexity index is 1640. The molecule has 0 saturated carbocycles. The van der Waals surface area contributed by atoms with Gasteiger partial charge in [-0.2, -0.15) is 22.5 Å². The largest absolute Gasteiger partial charge is 0.416 e. The van der Waals surface area contributed by atoms with E-state index >= 15 is 0 Å². The Morgan fingerprint density at radius 1 is 0.951 bits per heavy atom. The van der Waals surface area contributed by atoms with Gasteiger partial charge in [0.05, 0.1) is 28.9 Å². The molecule has 1 heterocycles. The van der Waals surface area contributed by atoms with Gasteiger partial charge in [-0.25, -0.2) is 4.79 Å². The van der Waals surface area contributed by atoms with Crippen molar-refractivity contribution in [3.05, 3.63) is 105 Å². The van der Waals surface area contributed by atoms with E-state index < -0.39 is 23.3 Å². The number of nitrogens with one attached hydrogen (secondary N) is 2. The van der Waals surface area contributed by atoms with Gasteiger partial charge in [-0.15, -0.1) is 0 Å². The highest BCUT2D eigenvalue weighted by Crippen LogP contribution is 2.29. The van der Waals surface area contributed by atoms with Crippen LogP contribution in [0.4, 0.5) is 18.9 Å². The van der Waals surface area contributed by atoms with Gasteiger partial charge in [0, 0.05) is 11.7 Å². The van der Waals surface area contributed by atoms with E-state index in [1.165, 1.54) is 0 Å². The third-order valence-corrected chi connectivity index (χ3v) is 6.68. The summed E-state index contributed by atoms with van der Waals surface area (Å²) in [6.07, 6.45) is -3.74. The van der Waals surface area contributed by atoms with Crippen LogP contribution in [0.2, 0.25) is 0 Å². The Kier molecular flexibility index (Phi) is 8.41. The van der Waals surface area contributed by atoms with Gasteiger partial charge in [-0.1, -0.05) is 31.2 Å². The lowest BCUT2D eigenvalue weighted by Crippen LogP contribution is -2.34. The van der Waals surface area contributed by atoms with Gasteiger partial charge >= 0.3 is 11.9 Å². The molecule has 2 amide bonds. The summed E-state index contributed by atoms with van der Waals surface area (Å²) < 4.78 is 40.5. The molecule has 0 aliphatic carbocycles. The number of alkyl halides is 3. The number of amides is 2. The van der Waals surface area contributed by atoms with E-state index in [2.05, 4.69) is 21.1 Å². The number of halogens is 3. The molecule has 12 heteroatoms. The Morgan fingerprint density at radius 3 is 2.29 bits per heavy atom. The standard InChI is InChI=1S/C29H29F3N6O3/c1-5-19(4)33-27(40)25-17(2)7-6-8-23(25)26(39)34-24-14-9-20(15-18(24)3)16-37-28(41)38(36-35-37)22-12-10-21(11-13-22)29(30,31)32/h6-15,19H,5,16H2,1-4H3,(H,33,40)(H,34,39). The van der Waals surface area contributed by atoms with Crippen molar-refractivity contribution in [2.24, 2.45) is 0 Å². The third-order valence-electron chi connectivity index (χ3n) is 6.68. The summed E-state index contributed by atoms with van der Waals surface area (Å²) in [5.74, 6) is -0.751. The molecular weight excluding hydrogens is 537 g/mol. The zero-order valence-electron chi connectivity index (χ0n) is 22.9. The van der Waals surface area contributed by atoms with E-state index in [1.54, 1.807) is 50.2 Å². The van der Waals surface area contributed by atoms with Crippen LogP contribution in [0, 0.1) is 13.8 Å². The number of carbonyl (C=O) groups is 2. The van der Waals surface area contributed by atoms with Crippen LogP contribution in [0.5, 0.6) is 0 Å². The number of aromatic nitrogens is 4. The number of hydrogen-bond acceptors (Lipinski definition) is 5. The van der Waals surface area contributed by atoms with E-state index in [0.29, 0.717) is 27.9 Å². The molecule has 4 rings (SSSR count). The molecule has 0 radical (unpaired) electrons. The number of hydrogen-bond donors (Lipinski definition) is 2. The molecule has 1 aromatic heterocycles. The molecule has 3 aromatic carbocycles. The molecule has 0 aliphatic rings. The first-order valence-corrected chi connectivity index (χ1v) is 12.9. The molecule has 0 saturated heterocycles. The Morgan fingerprint density at radius 2 is 1.66 bits per heavy atom. The van der Waals surface area contributed by atoms with Gasteiger partial charge in [0.2, 0.25) is 0 Å². The Labute approximate surface area is 234 Å². The second-order valence-electron chi connectivity index (χ2n) is 9.76. The first-order chi connectivity index (χ1) is 19.4. The van der Waals surface area contributed by atoms with Crippen molar-refractivity contribution in [3.63, 3.8) is 0 Å². The molecule has 1 atom stereocenters. The van der Waals surface area contributed by atoms with E-state index in [-0.39, 0.29) is 29.7 Å². The number of aryl methyl sites for hydroxylation is 2. The van der Waals surface area contributed by atoms with Gasteiger partial charge in [0.15, 0.2) is 0 Å². The maximum absolute atomic E-state index is 13.2. The van der Waals surface area contributed by atoms with E-state index in [1.807, 2.05) is 13.8 Å². The number of anilines is 1. The SMILES string of the molecule is CCC(C)NC(=O)c1c(C)cccc1C(=O)Nc1ccc(Cn2nnn(-c3ccc(C(F)(F)F)cc3)c2=O)cc1C. The lowest BCUT2D eigenvalue weighted by molar-refractivity contribution is -0.137. The minimum absolute atomic E-state index is 0.0446. The molecule has 4 aromatic rings. The molecule has 41 heavy (non-hydrogen) atoms. The van der Waals surface area contributed by atoms with Crippen molar-refractivity contribution >= 4 is 17.5 Å². The Hall–Kier alpha value is -4.74. The predicted molar refractivity (Wildman–Crippen MR) is 147 cm³/mol. The topological polar surface area (TPSA) is 111 Å². The number of tetrazole rings is 1. The molecule has 214 valence electrons. The van der Waals surface area contributed by atoms with E-state index in [4.69, 9.17) is 0 Å². The molecule has 9 nitrogen and oxygen atoms in total. The van der Waals surface area contributed by atoms with Crippen molar-refractivity contribution in [3.8, 4) is 5.69 Å². The van der Waals surface area contributed by atoms with Gasteiger partial charge in [0.25, 0.3) is 11.8 Å². The van der Waals surface area contributed by atoms with Crippen LogP contribution in [0.1, 0.15) is 63.2 Å². The summed E-state index contributed by atoms with van der Waals surface area (Å²) in [5.41, 5.74) is 1.85. The average molecular weight is 567 g/mol. The van der Waals surface area contributed by atoms with Crippen LogP contribution in [0.3, 0.4) is 0 Å². The van der Waals surface area contributed by atoms with Crippen molar-refractivity contribution in [1.29, 1.82) is 0 Å². The smallest absolute Gasteiger partial charge is 0.350 e. The minimum atomic E-state index is -4.49. The first kappa shape index (κ1) is 29.2. The van der Waals surface area contributed by atoms with Crippen LogP contribution >= 0.6 is 0 Å². The summed E-state index contributed by atoms with van der Waals surface area (Å²) >= 11 is 0. The van der Waals surface area contributed by atoms with Crippen LogP contribution in [-0.4, -0.2) is 37.6 Å². The zero-order chi connectivity index (χ0) is 29.9. The van der Waals surface area contributed by atoms with Gasteiger partial charge in [-0.3, -0.25) is 9.59 Å². The summed E-state index contributed by atoms with van der Waals surface area (Å²) in [6, 6.07) is 14.3. The third kappa shape index (κ3) is 6.53. The predicted octanol–water partition coefficient (Wildman–Crippen LogP) is 4.89. The highest BCUT2D eigenvalue weighted by atomic mass is 19.4. The molecular formula is C29H29F3N6O3. The number of carbonyl (C=O) groups excluding carboxylic acids is 2. The van der Waals surface area contributed by atoms with Gasteiger partial charge in [0.1, 0.15) is 0 Å². The monoisotopic (exact) mass is 566 g/mol. The number of benzene rings is 3.